The third-order valence-corrected chi connectivity index (χ3v) is 7.20. The van der Waals surface area contributed by atoms with Crippen LogP contribution in [-0.2, 0) is 10.0 Å². The molecule has 0 bridgehead atoms. The predicted molar refractivity (Wildman–Crippen MR) is 127 cm³/mol. The number of sulfonamides is 1. The molecule has 1 aliphatic heterocycles. The Hall–Kier alpha value is -3.10. The van der Waals surface area contributed by atoms with E-state index in [9.17, 15) is 13.2 Å². The van der Waals surface area contributed by atoms with Crippen molar-refractivity contribution in [2.45, 2.75) is 24.2 Å². The lowest BCUT2D eigenvalue weighted by molar-refractivity contribution is 0.0720. The average molecular weight is 469 g/mol. The van der Waals surface area contributed by atoms with E-state index in [0.29, 0.717) is 24.6 Å². The van der Waals surface area contributed by atoms with Crippen LogP contribution in [0.5, 0.6) is 11.5 Å². The van der Waals surface area contributed by atoms with Gasteiger partial charge < -0.3 is 14.4 Å². The van der Waals surface area contributed by atoms with Gasteiger partial charge >= 0.3 is 0 Å². The van der Waals surface area contributed by atoms with Gasteiger partial charge in [-0.2, -0.15) is 0 Å². The van der Waals surface area contributed by atoms with E-state index in [1.165, 1.54) is 25.3 Å². The number of fused-ring (bicyclic) bond motifs is 1. The fourth-order valence-corrected chi connectivity index (χ4v) is 5.01. The molecular weight excluding hydrogens is 440 g/mol. The Kier molecular flexibility index (Phi) is 7.15. The third kappa shape index (κ3) is 5.46. The molecule has 0 spiro atoms. The third-order valence-electron chi connectivity index (χ3n) is 5.74. The maximum atomic E-state index is 13.0. The molecule has 174 valence electrons. The first-order chi connectivity index (χ1) is 16.0. The van der Waals surface area contributed by atoms with E-state index in [0.717, 1.165) is 30.0 Å². The van der Waals surface area contributed by atoms with Crippen molar-refractivity contribution in [3.05, 3.63) is 66.2 Å². The van der Waals surface area contributed by atoms with E-state index in [2.05, 4.69) is 4.72 Å². The summed E-state index contributed by atoms with van der Waals surface area (Å²) in [6.07, 6.45) is 3.00. The second-order valence-corrected chi connectivity index (χ2v) is 9.74. The lowest BCUT2D eigenvalue weighted by atomic mass is 10.1. The number of hydrogen-bond acceptors (Lipinski definition) is 5. The Bertz CT molecular complexity index is 1240. The van der Waals surface area contributed by atoms with Gasteiger partial charge in [-0.1, -0.05) is 30.3 Å². The van der Waals surface area contributed by atoms with Crippen LogP contribution in [0.1, 0.15) is 29.6 Å². The number of amides is 1. The highest BCUT2D eigenvalue weighted by atomic mass is 32.2. The predicted octanol–water partition coefficient (Wildman–Crippen LogP) is 3.83. The van der Waals surface area contributed by atoms with Gasteiger partial charge in [-0.3, -0.25) is 4.79 Å². The van der Waals surface area contributed by atoms with Gasteiger partial charge in [0.25, 0.3) is 5.91 Å². The van der Waals surface area contributed by atoms with Crippen LogP contribution >= 0.6 is 0 Å². The van der Waals surface area contributed by atoms with Crippen LogP contribution < -0.4 is 14.2 Å². The summed E-state index contributed by atoms with van der Waals surface area (Å²) >= 11 is 0. The fraction of sp³-hybridized carbons (Fsp3) is 0.320. The summed E-state index contributed by atoms with van der Waals surface area (Å²) < 4.78 is 39.3. The maximum Gasteiger partial charge on any atom is 0.257 e. The summed E-state index contributed by atoms with van der Waals surface area (Å²) in [5, 5.41) is 2.17. The van der Waals surface area contributed by atoms with Crippen LogP contribution in [0.15, 0.2) is 65.6 Å². The molecule has 3 aromatic rings. The minimum absolute atomic E-state index is 0.0226. The molecule has 0 atom stereocenters. The number of piperidine rings is 1. The molecule has 0 unspecified atom stereocenters. The molecule has 7 nitrogen and oxygen atoms in total. The number of ether oxygens (including phenoxy) is 2. The number of benzene rings is 3. The van der Waals surface area contributed by atoms with E-state index in [1.54, 1.807) is 4.90 Å². The molecule has 4 rings (SSSR count). The van der Waals surface area contributed by atoms with Gasteiger partial charge in [0.05, 0.1) is 17.6 Å². The number of nitrogens with one attached hydrogen (secondary N) is 1. The summed E-state index contributed by atoms with van der Waals surface area (Å²) in [7, 11) is -2.35. The first kappa shape index (κ1) is 23.1. The second kappa shape index (κ2) is 10.2. The summed E-state index contributed by atoms with van der Waals surface area (Å²) in [4.78, 5) is 14.8. The summed E-state index contributed by atoms with van der Waals surface area (Å²) in [6.45, 7) is 1.61. The fourth-order valence-electron chi connectivity index (χ4n) is 3.97. The molecule has 1 aliphatic rings. The Morgan fingerprint density at radius 2 is 1.73 bits per heavy atom. The van der Waals surface area contributed by atoms with Gasteiger partial charge in [0.2, 0.25) is 10.0 Å². The van der Waals surface area contributed by atoms with E-state index in [4.69, 9.17) is 9.47 Å². The first-order valence-electron chi connectivity index (χ1n) is 11.1. The zero-order valence-electron chi connectivity index (χ0n) is 18.6. The molecule has 1 heterocycles. The smallest absolute Gasteiger partial charge is 0.257 e. The normalized spacial score (nSPS) is 14.3. The Balaban J connectivity index is 1.41. The van der Waals surface area contributed by atoms with E-state index in [1.807, 2.05) is 42.5 Å². The molecule has 1 saturated heterocycles. The number of carbonyl (C=O) groups excluding carboxylic acids is 1. The van der Waals surface area contributed by atoms with Crippen molar-refractivity contribution in [3.63, 3.8) is 0 Å². The first-order valence-corrected chi connectivity index (χ1v) is 12.5. The molecule has 8 heteroatoms. The highest BCUT2D eigenvalue weighted by molar-refractivity contribution is 7.89. The zero-order valence-corrected chi connectivity index (χ0v) is 19.4. The lowest BCUT2D eigenvalue weighted by Crippen LogP contribution is -2.36. The molecule has 0 aromatic heterocycles. The lowest BCUT2D eigenvalue weighted by Gasteiger charge is -2.27. The van der Waals surface area contributed by atoms with E-state index < -0.39 is 10.0 Å². The molecule has 0 saturated carbocycles. The number of carbonyl (C=O) groups is 1. The van der Waals surface area contributed by atoms with Crippen LogP contribution in [0.3, 0.4) is 0 Å². The van der Waals surface area contributed by atoms with Gasteiger partial charge in [-0.05, 0) is 60.4 Å². The van der Waals surface area contributed by atoms with Crippen LogP contribution in [0.25, 0.3) is 10.8 Å². The van der Waals surface area contributed by atoms with Crippen molar-refractivity contribution in [1.29, 1.82) is 0 Å². The number of hydrogen-bond donors (Lipinski definition) is 1. The van der Waals surface area contributed by atoms with Crippen LogP contribution in [-0.4, -0.2) is 52.6 Å². The monoisotopic (exact) mass is 468 g/mol. The molecule has 1 amide bonds. The van der Waals surface area contributed by atoms with Gasteiger partial charge in [-0.25, -0.2) is 13.1 Å². The highest BCUT2D eigenvalue weighted by Crippen LogP contribution is 2.25. The van der Waals surface area contributed by atoms with E-state index in [-0.39, 0.29) is 29.5 Å². The van der Waals surface area contributed by atoms with Gasteiger partial charge in [0, 0.05) is 19.6 Å². The van der Waals surface area contributed by atoms with Crippen LogP contribution in [0.2, 0.25) is 0 Å². The van der Waals surface area contributed by atoms with Crippen molar-refractivity contribution in [2.24, 2.45) is 0 Å². The summed E-state index contributed by atoms with van der Waals surface area (Å²) in [5.74, 6) is 0.833. The van der Waals surface area contributed by atoms with Crippen molar-refractivity contribution < 1.29 is 22.7 Å². The largest absolute Gasteiger partial charge is 0.496 e. The SMILES string of the molecule is COc1ccc(S(=O)(=O)NCCOc2ccc3ccccc3c2)cc1C(=O)N1CCCCC1. The molecule has 3 aromatic carbocycles. The zero-order chi connectivity index (χ0) is 23.3. The van der Waals surface area contributed by atoms with Crippen molar-refractivity contribution in [3.8, 4) is 11.5 Å². The number of methoxy groups -OCH3 is 1. The number of likely N-dealkylation sites (tertiary alicyclic amines) is 1. The molecule has 0 radical (unpaired) electrons. The molecular formula is C25H28N2O5S. The molecule has 1 fully saturated rings. The number of rotatable bonds is 8. The molecule has 1 N–H and O–H groups in total. The topological polar surface area (TPSA) is 84.9 Å². The maximum absolute atomic E-state index is 13.0. The van der Waals surface area contributed by atoms with Crippen molar-refractivity contribution in [2.75, 3.05) is 33.4 Å². The van der Waals surface area contributed by atoms with Gasteiger partial charge in [0.1, 0.15) is 18.1 Å². The standard InChI is InChI=1S/C25H28N2O5S/c1-31-24-12-11-22(18-23(24)25(28)27-14-5-2-6-15-27)33(29,30)26-13-16-32-21-10-9-19-7-3-4-8-20(19)17-21/h3-4,7-12,17-18,26H,2,5-6,13-16H2,1H3. The Morgan fingerprint density at radius 1 is 0.970 bits per heavy atom. The second-order valence-electron chi connectivity index (χ2n) is 7.97. The van der Waals surface area contributed by atoms with E-state index >= 15 is 0 Å². The molecule has 33 heavy (non-hydrogen) atoms. The molecule has 0 aliphatic carbocycles. The van der Waals surface area contributed by atoms with Crippen LogP contribution in [0, 0.1) is 0 Å². The van der Waals surface area contributed by atoms with Gasteiger partial charge in [-0.15, -0.1) is 0 Å². The van der Waals surface area contributed by atoms with Crippen LogP contribution in [0.4, 0.5) is 0 Å². The van der Waals surface area contributed by atoms with Crippen molar-refractivity contribution >= 4 is 26.7 Å². The Labute approximate surface area is 194 Å². The summed E-state index contributed by atoms with van der Waals surface area (Å²) in [6, 6.07) is 18.1. The van der Waals surface area contributed by atoms with Crippen molar-refractivity contribution in [1.82, 2.24) is 9.62 Å². The minimum Gasteiger partial charge on any atom is -0.496 e. The number of nitrogens with zero attached hydrogens (tertiary/aromatic N) is 1. The minimum atomic E-state index is -3.82. The quantitative estimate of drug-likeness (QED) is 0.508. The average Bonchev–Trinajstić information content (AvgIpc) is 2.86. The highest BCUT2D eigenvalue weighted by Gasteiger charge is 2.24. The Morgan fingerprint density at radius 3 is 2.48 bits per heavy atom. The van der Waals surface area contributed by atoms with Gasteiger partial charge in [0.15, 0.2) is 0 Å². The summed E-state index contributed by atoms with van der Waals surface area (Å²) in [5.41, 5.74) is 0.259.